The summed E-state index contributed by atoms with van der Waals surface area (Å²) in [6.45, 7) is 10.6. The zero-order chi connectivity index (χ0) is 17.1. The van der Waals surface area contributed by atoms with Crippen molar-refractivity contribution in [3.8, 4) is 0 Å². The van der Waals surface area contributed by atoms with E-state index in [4.69, 9.17) is 18.9 Å². The van der Waals surface area contributed by atoms with Gasteiger partial charge in [-0.25, -0.2) is 0 Å². The van der Waals surface area contributed by atoms with Gasteiger partial charge in [0.25, 0.3) is 0 Å². The minimum atomic E-state index is -0.926. The van der Waals surface area contributed by atoms with E-state index in [1.165, 1.54) is 13.8 Å². The third kappa shape index (κ3) is 34.6. The topological polar surface area (TPSA) is 83.0 Å². The summed E-state index contributed by atoms with van der Waals surface area (Å²) in [6, 6.07) is 0. The second-order valence-electron chi connectivity index (χ2n) is 4.81. The second kappa shape index (κ2) is 24.5. The number of ether oxygens (including phenoxy) is 4. The van der Waals surface area contributed by atoms with Crippen molar-refractivity contribution in [1.29, 1.82) is 0 Å². The molecular weight excluding hydrogens is 352 g/mol. The van der Waals surface area contributed by atoms with Crippen molar-refractivity contribution in [1.82, 2.24) is 0 Å². The molecule has 0 aromatic heterocycles. The Bertz CT molecular complexity index is 173. The van der Waals surface area contributed by atoms with Crippen LogP contribution in [0.5, 0.6) is 0 Å². The normalized spacial score (nSPS) is 12.8. The van der Waals surface area contributed by atoms with E-state index >= 15 is 0 Å². The van der Waals surface area contributed by atoms with Gasteiger partial charge in [-0.05, 0) is 25.4 Å². The quantitative estimate of drug-likeness (QED) is 0.252. The van der Waals surface area contributed by atoms with Crippen LogP contribution in [0.1, 0.15) is 53.4 Å². The largest absolute Gasteiger partial charge is 2.00 e. The molecule has 0 aliphatic rings. The Morgan fingerprint density at radius 2 is 1.00 bits per heavy atom. The molecule has 1 radical (unpaired) electrons. The van der Waals surface area contributed by atoms with E-state index in [0.717, 1.165) is 38.9 Å². The SMILES string of the molecule is CCCCOCCOC(C)[O-].CCCCOCCOC(C)[O-].[Cu+2]. The molecule has 0 aromatic carbocycles. The van der Waals surface area contributed by atoms with Gasteiger partial charge in [0.05, 0.1) is 26.4 Å². The molecule has 0 aliphatic carbocycles. The van der Waals surface area contributed by atoms with E-state index in [9.17, 15) is 10.2 Å². The van der Waals surface area contributed by atoms with E-state index in [2.05, 4.69) is 13.8 Å². The van der Waals surface area contributed by atoms with Crippen LogP contribution in [-0.4, -0.2) is 52.2 Å². The van der Waals surface area contributed by atoms with Gasteiger partial charge in [-0.3, -0.25) is 0 Å². The van der Waals surface area contributed by atoms with Crippen LogP contribution in [0.4, 0.5) is 0 Å². The van der Waals surface area contributed by atoms with Gasteiger partial charge in [-0.15, -0.1) is 0 Å². The van der Waals surface area contributed by atoms with E-state index < -0.39 is 12.6 Å². The fraction of sp³-hybridized carbons (Fsp3) is 1.00. The van der Waals surface area contributed by atoms with Gasteiger partial charge in [0.2, 0.25) is 0 Å². The van der Waals surface area contributed by atoms with Gasteiger partial charge in [-0.1, -0.05) is 40.5 Å². The maximum atomic E-state index is 10.3. The molecule has 0 rings (SSSR count). The first-order valence-electron chi connectivity index (χ1n) is 8.24. The fourth-order valence-corrected chi connectivity index (χ4v) is 1.24. The molecule has 6 nitrogen and oxygen atoms in total. The maximum Gasteiger partial charge on any atom is 2.00 e. The van der Waals surface area contributed by atoms with Crippen molar-refractivity contribution >= 4 is 0 Å². The summed E-state index contributed by atoms with van der Waals surface area (Å²) in [6.07, 6.45) is 2.58. The average Bonchev–Trinajstić information content (AvgIpc) is 2.46. The Labute approximate surface area is 152 Å². The van der Waals surface area contributed by atoms with Gasteiger partial charge in [0.15, 0.2) is 0 Å². The average molecular weight is 386 g/mol. The molecule has 0 spiro atoms. The van der Waals surface area contributed by atoms with Gasteiger partial charge in [0.1, 0.15) is 0 Å². The monoisotopic (exact) mass is 385 g/mol. The van der Waals surface area contributed by atoms with Crippen LogP contribution in [0.3, 0.4) is 0 Å². The fourth-order valence-electron chi connectivity index (χ4n) is 1.24. The maximum absolute atomic E-state index is 10.3. The number of hydrogen-bond acceptors (Lipinski definition) is 6. The third-order valence-corrected chi connectivity index (χ3v) is 2.44. The van der Waals surface area contributed by atoms with Gasteiger partial charge in [0, 0.05) is 13.2 Å². The summed E-state index contributed by atoms with van der Waals surface area (Å²) in [5, 5.41) is 20.7. The standard InChI is InChI=1S/2C8H17O3.Cu/c2*1-3-4-5-10-6-7-11-8(2)9;/h2*8H,3-7H2,1-2H3;/q2*-1;+2. The molecule has 2 atom stereocenters. The van der Waals surface area contributed by atoms with Crippen molar-refractivity contribution in [2.75, 3.05) is 39.6 Å². The molecule has 7 heteroatoms. The van der Waals surface area contributed by atoms with Crippen LogP contribution in [0.2, 0.25) is 0 Å². The predicted octanol–water partition coefficient (Wildman–Crippen LogP) is 1.05. The number of hydrogen-bond donors (Lipinski definition) is 0. The minimum Gasteiger partial charge on any atom is -0.831 e. The minimum absolute atomic E-state index is 0. The molecule has 0 saturated heterocycles. The summed E-state index contributed by atoms with van der Waals surface area (Å²) in [7, 11) is 0. The van der Waals surface area contributed by atoms with Crippen molar-refractivity contribution in [3.63, 3.8) is 0 Å². The smallest absolute Gasteiger partial charge is 0.831 e. The Balaban J connectivity index is -0.000000333. The van der Waals surface area contributed by atoms with Crippen molar-refractivity contribution in [3.05, 3.63) is 0 Å². The molecule has 0 amide bonds. The Hall–Kier alpha value is 0.279. The predicted molar refractivity (Wildman–Crippen MR) is 82.3 cm³/mol. The van der Waals surface area contributed by atoms with Gasteiger partial charge >= 0.3 is 17.1 Å². The molecule has 0 bridgehead atoms. The summed E-state index contributed by atoms with van der Waals surface area (Å²) in [4.78, 5) is 0. The van der Waals surface area contributed by atoms with E-state index in [-0.39, 0.29) is 17.1 Å². The first-order chi connectivity index (χ1) is 10.5. The van der Waals surface area contributed by atoms with Crippen LogP contribution in [0, 0.1) is 0 Å². The van der Waals surface area contributed by atoms with E-state index in [1.54, 1.807) is 0 Å². The Kier molecular flexibility index (Phi) is 30.0. The van der Waals surface area contributed by atoms with Crippen LogP contribution in [0.25, 0.3) is 0 Å². The Morgan fingerprint density at radius 3 is 1.26 bits per heavy atom. The van der Waals surface area contributed by atoms with Gasteiger partial charge in [-0.2, -0.15) is 0 Å². The molecule has 0 saturated carbocycles. The molecule has 0 aromatic rings. The zero-order valence-electron chi connectivity index (χ0n) is 15.0. The first kappa shape index (κ1) is 28.1. The van der Waals surface area contributed by atoms with Gasteiger partial charge < -0.3 is 29.2 Å². The van der Waals surface area contributed by atoms with E-state index in [1.807, 2.05) is 0 Å². The molecule has 0 heterocycles. The third-order valence-electron chi connectivity index (χ3n) is 2.44. The van der Waals surface area contributed by atoms with Crippen LogP contribution in [-0.2, 0) is 36.0 Å². The number of unbranched alkanes of at least 4 members (excludes halogenated alkanes) is 2. The molecule has 23 heavy (non-hydrogen) atoms. The molecule has 2 unspecified atom stereocenters. The summed E-state index contributed by atoms with van der Waals surface area (Å²) in [5.41, 5.74) is 0. The molecule has 0 aliphatic heterocycles. The molecule has 0 fully saturated rings. The summed E-state index contributed by atoms with van der Waals surface area (Å²) < 4.78 is 19.8. The summed E-state index contributed by atoms with van der Waals surface area (Å²) in [5.74, 6) is 0. The van der Waals surface area contributed by atoms with Crippen molar-refractivity contribution < 1.29 is 46.2 Å². The zero-order valence-corrected chi connectivity index (χ0v) is 15.9. The van der Waals surface area contributed by atoms with Crippen molar-refractivity contribution in [2.45, 2.75) is 66.0 Å². The molecular formula is C16H34CuO6. The number of rotatable bonds is 14. The van der Waals surface area contributed by atoms with Crippen LogP contribution in [0.15, 0.2) is 0 Å². The van der Waals surface area contributed by atoms with E-state index in [0.29, 0.717) is 26.4 Å². The second-order valence-corrected chi connectivity index (χ2v) is 4.81. The molecule has 0 N–H and O–H groups in total. The summed E-state index contributed by atoms with van der Waals surface area (Å²) >= 11 is 0. The molecule has 145 valence electrons. The van der Waals surface area contributed by atoms with Crippen molar-refractivity contribution in [2.24, 2.45) is 0 Å². The van der Waals surface area contributed by atoms with Crippen LogP contribution < -0.4 is 10.2 Å². The van der Waals surface area contributed by atoms with Crippen LogP contribution >= 0.6 is 0 Å². The Morgan fingerprint density at radius 1 is 0.652 bits per heavy atom. The first-order valence-corrected chi connectivity index (χ1v) is 8.24.